The fourth-order valence-electron chi connectivity index (χ4n) is 12.4. The molecule has 28 heteroatoms. The molecule has 8 heterocycles. The maximum Gasteiger partial charge on any atom is 0.307 e. The highest BCUT2D eigenvalue weighted by molar-refractivity contribution is 6.66. The number of halogens is 4. The van der Waals surface area contributed by atoms with Crippen LogP contribution in [0.2, 0.25) is 0 Å². The van der Waals surface area contributed by atoms with Crippen molar-refractivity contribution in [2.24, 2.45) is 0 Å². The molecule has 0 saturated carbocycles. The Morgan fingerprint density at radius 3 is 1.55 bits per heavy atom. The number of nitro benzene ring substituents is 1. The summed E-state index contributed by atoms with van der Waals surface area (Å²) in [5.74, 6) is 0.200. The Morgan fingerprint density at radius 2 is 1.11 bits per heavy atom. The van der Waals surface area contributed by atoms with Gasteiger partial charge < -0.3 is 54.2 Å². The van der Waals surface area contributed by atoms with Gasteiger partial charge in [0.15, 0.2) is 11.6 Å². The molecule has 4 fully saturated rings. The number of nitrogens with zero attached hydrogens (tertiary/aromatic N) is 12. The lowest BCUT2D eigenvalue weighted by Crippen LogP contribution is -2.49. The number of benzene rings is 4. The number of amides is 1. The molecule has 0 spiro atoms. The molecule has 4 aromatic heterocycles. The summed E-state index contributed by atoms with van der Waals surface area (Å²) in [4.78, 5) is 66.1. The molecule has 4 aliphatic heterocycles. The number of carbonyl (C=O) groups is 2. The molecule has 12 rings (SSSR count). The molecule has 0 aliphatic carbocycles. The van der Waals surface area contributed by atoms with Crippen LogP contribution in [0.15, 0.2) is 98.4 Å². The van der Waals surface area contributed by atoms with Gasteiger partial charge in [-0.3, -0.25) is 29.5 Å². The largest absolute Gasteiger partial charge is 0.494 e. The molecule has 4 N–H and O–H groups in total. The Morgan fingerprint density at radius 1 is 0.656 bits per heavy atom. The maximum absolute atomic E-state index is 15.2. The number of aryl methyl sites for hydroxylation is 2. The Hall–Kier alpha value is -9.12. The third-order valence-corrected chi connectivity index (χ3v) is 17.1. The molecular formula is C68H82ClF3N16O8. The van der Waals surface area contributed by atoms with Gasteiger partial charge in [-0.05, 0) is 147 Å². The molecule has 4 aromatic carbocycles. The van der Waals surface area contributed by atoms with E-state index in [1.165, 1.54) is 57.4 Å². The molecule has 96 heavy (non-hydrogen) atoms. The number of anilines is 6. The lowest BCUT2D eigenvalue weighted by Gasteiger charge is -2.41. The van der Waals surface area contributed by atoms with Crippen molar-refractivity contribution in [2.75, 3.05) is 114 Å². The number of hydrogen-bond donors (Lipinski definition) is 4. The van der Waals surface area contributed by atoms with Gasteiger partial charge in [0.2, 0.25) is 28.9 Å². The number of allylic oxidation sites excluding steroid dienone is 1. The molecule has 8 aromatic rings. The van der Waals surface area contributed by atoms with E-state index in [0.29, 0.717) is 74.0 Å². The molecule has 1 amide bonds. The average molecular weight is 1340 g/mol. The highest BCUT2D eigenvalue weighted by Gasteiger charge is 2.29. The summed E-state index contributed by atoms with van der Waals surface area (Å²) in [6.07, 6.45) is 10.0. The van der Waals surface area contributed by atoms with Gasteiger partial charge in [-0.15, -0.1) is 0 Å². The van der Waals surface area contributed by atoms with E-state index in [4.69, 9.17) is 35.5 Å². The van der Waals surface area contributed by atoms with Crippen LogP contribution in [0.5, 0.6) is 11.5 Å². The van der Waals surface area contributed by atoms with E-state index in [1.807, 2.05) is 68.9 Å². The Kier molecular flexibility index (Phi) is 24.5. The van der Waals surface area contributed by atoms with Crippen LogP contribution in [0.3, 0.4) is 0 Å². The second kappa shape index (κ2) is 33.0. The summed E-state index contributed by atoms with van der Waals surface area (Å²) in [5, 5.41) is 23.0. The molecule has 0 bridgehead atoms. The van der Waals surface area contributed by atoms with Gasteiger partial charge >= 0.3 is 5.69 Å². The first-order valence-electron chi connectivity index (χ1n) is 31.8. The number of nitrogens with one attached hydrogen (secondary N) is 4. The molecule has 0 unspecified atom stereocenters. The van der Waals surface area contributed by atoms with Crippen LogP contribution in [0.1, 0.15) is 77.1 Å². The van der Waals surface area contributed by atoms with E-state index in [1.54, 1.807) is 31.5 Å². The summed E-state index contributed by atoms with van der Waals surface area (Å²) in [6, 6.07) is 17.1. The number of imidazole rings is 2. The Balaban J connectivity index is 0.000000186. The lowest BCUT2D eigenvalue weighted by molar-refractivity contribution is -0.387. The number of hydrogen-bond acceptors (Lipinski definition) is 20. The zero-order valence-electron chi connectivity index (χ0n) is 55.3. The van der Waals surface area contributed by atoms with E-state index in [2.05, 4.69) is 74.0 Å². The van der Waals surface area contributed by atoms with Gasteiger partial charge in [0.25, 0.3) is 0 Å². The molecule has 4 saturated heterocycles. The smallest absolute Gasteiger partial charge is 0.307 e. The minimum atomic E-state index is -1.03. The summed E-state index contributed by atoms with van der Waals surface area (Å²) in [5.41, 5.74) is 5.50. The molecule has 510 valence electrons. The topological polar surface area (TPSA) is 259 Å². The predicted octanol–water partition coefficient (Wildman–Crippen LogP) is 12.0. The minimum absolute atomic E-state index is 0.0378. The van der Waals surface area contributed by atoms with Gasteiger partial charge in [0, 0.05) is 105 Å². The lowest BCUT2D eigenvalue weighted by atomic mass is 10.0. The monoisotopic (exact) mass is 1340 g/mol. The quantitative estimate of drug-likeness (QED) is 0.0286. The second-order valence-electron chi connectivity index (χ2n) is 23.7. The normalized spacial score (nSPS) is 15.6. The number of fused-ring (bicyclic) bond motifs is 2. The van der Waals surface area contributed by atoms with Crippen LogP contribution in [-0.2, 0) is 19.1 Å². The number of piperidine rings is 2. The van der Waals surface area contributed by atoms with Crippen molar-refractivity contribution in [3.05, 3.63) is 138 Å². The van der Waals surface area contributed by atoms with Gasteiger partial charge in [-0.2, -0.15) is 4.39 Å². The van der Waals surface area contributed by atoms with Gasteiger partial charge in [-0.25, -0.2) is 38.7 Å². The highest BCUT2D eigenvalue weighted by atomic mass is 35.5. The predicted molar refractivity (Wildman–Crippen MR) is 367 cm³/mol. The number of morpholine rings is 2. The number of aromatic nitrogens is 8. The SMILES string of the molecule is C1CC(N2CCOCC2)CCN1.C=CC(=O)Cl.C=CC(=O)Nc1cc(Nc2nccc(-c3cc(F)c4nc(C)n(C(C)C)c4c3)n2)c(OC)cc1N1CCC(N2CCOCC2)CC1.COc1cc(F)c([N+](=O)[O-])cc1Nc1nccc(-c2cc(F)c3nc(C)n(C(C)C)c3c2)n1. The summed E-state index contributed by atoms with van der Waals surface area (Å²) in [6.45, 7) is 30.2. The number of ether oxygens (including phenoxy) is 4. The van der Waals surface area contributed by atoms with Crippen molar-refractivity contribution in [1.82, 2.24) is 54.2 Å². The first-order valence-corrected chi connectivity index (χ1v) is 32.2. The summed E-state index contributed by atoms with van der Waals surface area (Å²) >= 11 is 4.71. The highest BCUT2D eigenvalue weighted by Crippen LogP contribution is 2.41. The van der Waals surface area contributed by atoms with Crippen LogP contribution < -0.4 is 35.6 Å². The van der Waals surface area contributed by atoms with Gasteiger partial charge in [0.1, 0.15) is 34.2 Å². The summed E-state index contributed by atoms with van der Waals surface area (Å²) in [7, 11) is 2.91. The average Bonchev–Trinajstić information content (AvgIpc) is 1.56. The first kappa shape index (κ1) is 71.2. The maximum atomic E-state index is 15.2. The standard InChI is InChI=1S/C34H41FN8O3.C22H20F2N6O3.C9H18N2O.C3H3ClO/c1-6-32(44)38-27-19-28(31(45-5)20-29(27)42-11-8-24(9-12-42)41-13-15-46-16-14-41)40-34-36-10-7-26(39-34)23-17-25(35)33-30(18-23)43(21(2)3)22(4)37-33;1-11(2)29-12(3)26-21-15(24)7-13(8-19(21)29)16-5-6-25-22(27-16)28-17-10-18(30(31)32)14(23)9-20(17)33-4;1-3-10-4-2-9(1)11-5-7-12-8-6-11;1-2-3(4)5/h6-7,10,17-21,24H,1,8-9,11-16H2,2-5H3,(H,38,44)(H,36,39,40);5-11H,1-4H3,(H,25,27,28);9-10H,1-8H2;2H,1H2. The fourth-order valence-corrected chi connectivity index (χ4v) is 12.4. The second-order valence-corrected chi connectivity index (χ2v) is 24.1. The van der Waals surface area contributed by atoms with Crippen molar-refractivity contribution in [2.45, 2.75) is 91.4 Å². The Labute approximate surface area is 560 Å². The third-order valence-electron chi connectivity index (χ3n) is 16.9. The summed E-state index contributed by atoms with van der Waals surface area (Å²) < 4.78 is 69.7. The fraction of sp³-hybridized carbons (Fsp3) is 0.412. The van der Waals surface area contributed by atoms with Gasteiger partial charge in [-0.1, -0.05) is 13.2 Å². The van der Waals surface area contributed by atoms with Crippen LogP contribution in [0, 0.1) is 41.4 Å². The number of rotatable bonds is 17. The van der Waals surface area contributed by atoms with Crippen molar-refractivity contribution in [3.8, 4) is 34.0 Å². The number of methoxy groups -OCH3 is 2. The van der Waals surface area contributed by atoms with Crippen molar-refractivity contribution in [3.63, 3.8) is 0 Å². The van der Waals surface area contributed by atoms with Crippen molar-refractivity contribution < 1.29 is 46.6 Å². The number of nitro groups is 1. The molecule has 0 atom stereocenters. The number of carbonyl (C=O) groups excluding carboxylic acids is 2. The van der Waals surface area contributed by atoms with Crippen molar-refractivity contribution in [1.29, 1.82) is 0 Å². The van der Waals surface area contributed by atoms with Crippen LogP contribution in [0.4, 0.5) is 53.5 Å². The van der Waals surface area contributed by atoms with E-state index >= 15 is 4.39 Å². The van der Waals surface area contributed by atoms with Crippen molar-refractivity contribution >= 4 is 85.2 Å². The van der Waals surface area contributed by atoms with E-state index < -0.39 is 33.3 Å². The Bertz CT molecular complexity index is 4050. The van der Waals surface area contributed by atoms with Crippen LogP contribution in [0.25, 0.3) is 44.6 Å². The molecular weight excluding hydrogens is 1260 g/mol. The van der Waals surface area contributed by atoms with E-state index in [-0.39, 0.29) is 40.9 Å². The van der Waals surface area contributed by atoms with Gasteiger partial charge in [0.05, 0.1) is 90.7 Å². The minimum Gasteiger partial charge on any atom is -0.494 e. The molecule has 0 radical (unpaired) electrons. The third kappa shape index (κ3) is 17.5. The van der Waals surface area contributed by atoms with Crippen LogP contribution in [-0.4, -0.2) is 170 Å². The van der Waals surface area contributed by atoms with E-state index in [9.17, 15) is 28.5 Å². The zero-order chi connectivity index (χ0) is 68.7. The van der Waals surface area contributed by atoms with Crippen LogP contribution >= 0.6 is 11.6 Å². The zero-order valence-corrected chi connectivity index (χ0v) is 56.0. The molecule has 4 aliphatic rings. The van der Waals surface area contributed by atoms with E-state index in [0.717, 1.165) is 114 Å². The molecule has 24 nitrogen and oxygen atoms in total. The first-order chi connectivity index (χ1) is 46.2.